The third kappa shape index (κ3) is 4.34. The van der Waals surface area contributed by atoms with E-state index in [4.69, 9.17) is 4.74 Å². The molecule has 0 aliphatic heterocycles. The molecule has 0 saturated heterocycles. The van der Waals surface area contributed by atoms with E-state index >= 15 is 0 Å². The van der Waals surface area contributed by atoms with Gasteiger partial charge in [-0.3, -0.25) is 0 Å². The topological polar surface area (TPSA) is 21.3 Å². The third-order valence-electron chi connectivity index (χ3n) is 2.84. The Balaban J connectivity index is 1.93. The fraction of sp³-hybridized carbons (Fsp3) is 0.333. The summed E-state index contributed by atoms with van der Waals surface area (Å²) in [6.45, 7) is 5.74. The quantitative estimate of drug-likeness (QED) is 0.819. The van der Waals surface area contributed by atoms with Gasteiger partial charge in [-0.2, -0.15) is 0 Å². The average Bonchev–Trinajstić information content (AvgIpc) is 2.84. The minimum atomic E-state index is 0.354. The summed E-state index contributed by atoms with van der Waals surface area (Å²) in [4.78, 5) is 1.34. The van der Waals surface area contributed by atoms with Gasteiger partial charge < -0.3 is 10.1 Å². The summed E-state index contributed by atoms with van der Waals surface area (Å²) in [7, 11) is 0. The molecule has 0 aliphatic rings. The number of hydrogen-bond acceptors (Lipinski definition) is 3. The van der Waals surface area contributed by atoms with Crippen LogP contribution in [0, 0.1) is 0 Å². The van der Waals surface area contributed by atoms with E-state index in [1.807, 2.05) is 19.1 Å². The number of benzene rings is 1. The molecule has 102 valence electrons. The molecular formula is C15H18BrNOS. The number of thiophene rings is 1. The molecule has 0 saturated carbocycles. The molecule has 0 fully saturated rings. The molecular weight excluding hydrogens is 322 g/mol. The number of rotatable bonds is 6. The first-order chi connectivity index (χ1) is 9.19. The highest BCUT2D eigenvalue weighted by molar-refractivity contribution is 9.11. The summed E-state index contributed by atoms with van der Waals surface area (Å²) in [5.74, 6) is 0.938. The highest BCUT2D eigenvalue weighted by atomic mass is 79.9. The van der Waals surface area contributed by atoms with Gasteiger partial charge in [-0.25, -0.2) is 0 Å². The lowest BCUT2D eigenvalue weighted by atomic mass is 10.2. The minimum absolute atomic E-state index is 0.354. The standard InChI is InChI=1S/C15H18BrNOS/c1-3-18-13-6-4-5-12(9-13)10-17-11(2)14-7-8-15(16)19-14/h4-9,11,17H,3,10H2,1-2H3. The lowest BCUT2D eigenvalue weighted by Gasteiger charge is -2.12. The molecule has 19 heavy (non-hydrogen) atoms. The molecule has 1 unspecified atom stereocenters. The number of ether oxygens (including phenoxy) is 1. The Labute approximate surface area is 126 Å². The fourth-order valence-corrected chi connectivity index (χ4v) is 3.29. The molecule has 0 amide bonds. The van der Waals surface area contributed by atoms with Gasteiger partial charge in [0.1, 0.15) is 5.75 Å². The van der Waals surface area contributed by atoms with E-state index in [0.29, 0.717) is 12.6 Å². The molecule has 1 aromatic heterocycles. The molecule has 0 bridgehead atoms. The predicted molar refractivity (Wildman–Crippen MR) is 84.9 cm³/mol. The van der Waals surface area contributed by atoms with Crippen LogP contribution in [0.4, 0.5) is 0 Å². The molecule has 2 rings (SSSR count). The molecule has 1 atom stereocenters. The Hall–Kier alpha value is -0.840. The van der Waals surface area contributed by atoms with Gasteiger partial charge in [-0.15, -0.1) is 11.3 Å². The van der Waals surface area contributed by atoms with Gasteiger partial charge in [-0.05, 0) is 59.6 Å². The van der Waals surface area contributed by atoms with E-state index in [1.54, 1.807) is 11.3 Å². The second-order valence-electron chi connectivity index (χ2n) is 4.32. The molecule has 1 heterocycles. The summed E-state index contributed by atoms with van der Waals surface area (Å²) < 4.78 is 6.68. The summed E-state index contributed by atoms with van der Waals surface area (Å²) in [5, 5.41) is 3.53. The zero-order valence-electron chi connectivity index (χ0n) is 11.2. The summed E-state index contributed by atoms with van der Waals surface area (Å²) >= 11 is 5.27. The highest BCUT2D eigenvalue weighted by Gasteiger charge is 2.07. The van der Waals surface area contributed by atoms with Crippen molar-refractivity contribution in [1.29, 1.82) is 0 Å². The molecule has 0 radical (unpaired) electrons. The molecule has 2 aromatic rings. The lowest BCUT2D eigenvalue weighted by Crippen LogP contribution is -2.17. The maximum Gasteiger partial charge on any atom is 0.119 e. The van der Waals surface area contributed by atoms with Crippen LogP contribution in [0.15, 0.2) is 40.2 Å². The number of nitrogens with one attached hydrogen (secondary N) is 1. The predicted octanol–water partition coefficient (Wildman–Crippen LogP) is 4.76. The smallest absolute Gasteiger partial charge is 0.119 e. The fourth-order valence-electron chi connectivity index (χ4n) is 1.84. The maximum atomic E-state index is 5.51. The normalized spacial score (nSPS) is 12.4. The van der Waals surface area contributed by atoms with Crippen LogP contribution in [0.3, 0.4) is 0 Å². The van der Waals surface area contributed by atoms with E-state index < -0.39 is 0 Å². The van der Waals surface area contributed by atoms with Crippen LogP contribution in [-0.4, -0.2) is 6.61 Å². The largest absolute Gasteiger partial charge is 0.494 e. The first-order valence-electron chi connectivity index (χ1n) is 6.39. The van der Waals surface area contributed by atoms with Crippen LogP contribution in [0.2, 0.25) is 0 Å². The van der Waals surface area contributed by atoms with E-state index in [9.17, 15) is 0 Å². The summed E-state index contributed by atoms with van der Waals surface area (Å²) in [6.07, 6.45) is 0. The maximum absolute atomic E-state index is 5.51. The second kappa shape index (κ2) is 7.08. The van der Waals surface area contributed by atoms with Gasteiger partial charge in [0.15, 0.2) is 0 Å². The van der Waals surface area contributed by atoms with Gasteiger partial charge in [0.25, 0.3) is 0 Å². The lowest BCUT2D eigenvalue weighted by molar-refractivity contribution is 0.339. The average molecular weight is 340 g/mol. The van der Waals surface area contributed by atoms with Crippen molar-refractivity contribution in [2.45, 2.75) is 26.4 Å². The first kappa shape index (κ1) is 14.6. The van der Waals surface area contributed by atoms with Crippen molar-refractivity contribution < 1.29 is 4.74 Å². The van der Waals surface area contributed by atoms with Crippen molar-refractivity contribution in [2.75, 3.05) is 6.61 Å². The van der Waals surface area contributed by atoms with Crippen LogP contribution in [0.5, 0.6) is 5.75 Å². The highest BCUT2D eigenvalue weighted by Crippen LogP contribution is 2.27. The van der Waals surface area contributed by atoms with E-state index in [2.05, 4.69) is 52.4 Å². The van der Waals surface area contributed by atoms with Gasteiger partial charge in [0.05, 0.1) is 10.4 Å². The Bertz CT molecular complexity index is 526. The van der Waals surface area contributed by atoms with Crippen LogP contribution in [0.25, 0.3) is 0 Å². The third-order valence-corrected chi connectivity index (χ3v) is 4.65. The monoisotopic (exact) mass is 339 g/mol. The molecule has 0 spiro atoms. The summed E-state index contributed by atoms with van der Waals surface area (Å²) in [5.41, 5.74) is 1.24. The Kier molecular flexibility index (Phi) is 5.43. The number of hydrogen-bond donors (Lipinski definition) is 1. The van der Waals surface area contributed by atoms with Gasteiger partial charge in [0.2, 0.25) is 0 Å². The van der Waals surface area contributed by atoms with E-state index in [-0.39, 0.29) is 0 Å². The van der Waals surface area contributed by atoms with Crippen molar-refractivity contribution in [3.05, 3.63) is 50.6 Å². The van der Waals surface area contributed by atoms with Crippen molar-refractivity contribution in [2.24, 2.45) is 0 Å². The Morgan fingerprint density at radius 2 is 2.16 bits per heavy atom. The SMILES string of the molecule is CCOc1cccc(CNC(C)c2ccc(Br)s2)c1. The van der Waals surface area contributed by atoms with Gasteiger partial charge in [-0.1, -0.05) is 12.1 Å². The van der Waals surface area contributed by atoms with E-state index in [0.717, 1.165) is 12.3 Å². The minimum Gasteiger partial charge on any atom is -0.494 e. The molecule has 1 aromatic carbocycles. The van der Waals surface area contributed by atoms with Crippen molar-refractivity contribution in [1.82, 2.24) is 5.32 Å². The number of halogens is 1. The Morgan fingerprint density at radius 3 is 2.84 bits per heavy atom. The van der Waals surface area contributed by atoms with Crippen LogP contribution < -0.4 is 10.1 Å². The van der Waals surface area contributed by atoms with Crippen molar-refractivity contribution in [3.8, 4) is 5.75 Å². The zero-order valence-corrected chi connectivity index (χ0v) is 13.6. The molecule has 0 aliphatic carbocycles. The zero-order chi connectivity index (χ0) is 13.7. The van der Waals surface area contributed by atoms with Crippen molar-refractivity contribution in [3.63, 3.8) is 0 Å². The summed E-state index contributed by atoms with van der Waals surface area (Å²) in [6, 6.07) is 12.8. The van der Waals surface area contributed by atoms with Crippen LogP contribution >= 0.6 is 27.3 Å². The molecule has 2 nitrogen and oxygen atoms in total. The molecule has 4 heteroatoms. The van der Waals surface area contributed by atoms with Crippen molar-refractivity contribution >= 4 is 27.3 Å². The van der Waals surface area contributed by atoms with Gasteiger partial charge >= 0.3 is 0 Å². The van der Waals surface area contributed by atoms with E-state index in [1.165, 1.54) is 14.2 Å². The van der Waals surface area contributed by atoms with Crippen LogP contribution in [-0.2, 0) is 6.54 Å². The van der Waals surface area contributed by atoms with Gasteiger partial charge in [0, 0.05) is 17.5 Å². The van der Waals surface area contributed by atoms with Crippen LogP contribution in [0.1, 0.15) is 30.3 Å². The Morgan fingerprint density at radius 1 is 1.32 bits per heavy atom. The first-order valence-corrected chi connectivity index (χ1v) is 8.00. The molecule has 1 N–H and O–H groups in total. The second-order valence-corrected chi connectivity index (χ2v) is 6.82.